The van der Waals surface area contributed by atoms with E-state index in [1.165, 1.54) is 18.3 Å². The van der Waals surface area contributed by atoms with Crippen LogP contribution in [-0.2, 0) is 0 Å². The number of urea groups is 1. The summed E-state index contributed by atoms with van der Waals surface area (Å²) in [6.45, 7) is 4.66. The summed E-state index contributed by atoms with van der Waals surface area (Å²) in [6, 6.07) is 5.89. The van der Waals surface area contributed by atoms with Gasteiger partial charge in [-0.15, -0.1) is 0 Å². The van der Waals surface area contributed by atoms with Gasteiger partial charge in [0.25, 0.3) is 0 Å². The summed E-state index contributed by atoms with van der Waals surface area (Å²) in [5, 5.41) is 5.26. The maximum absolute atomic E-state index is 12.8. The molecule has 0 aliphatic carbocycles. The SMILES string of the molecule is CC(C)CNC(=O)N/C=C/c1cccc(F)c1. The van der Waals surface area contributed by atoms with Crippen LogP contribution in [0.15, 0.2) is 30.5 Å². The van der Waals surface area contributed by atoms with Crippen molar-refractivity contribution in [3.8, 4) is 0 Å². The first-order chi connectivity index (χ1) is 8.08. The van der Waals surface area contributed by atoms with Crippen molar-refractivity contribution in [2.75, 3.05) is 6.54 Å². The maximum Gasteiger partial charge on any atom is 0.318 e. The molecular formula is C13H17FN2O. The highest BCUT2D eigenvalue weighted by molar-refractivity contribution is 5.75. The Balaban J connectivity index is 2.37. The van der Waals surface area contributed by atoms with Crippen LogP contribution in [0.5, 0.6) is 0 Å². The summed E-state index contributed by atoms with van der Waals surface area (Å²) < 4.78 is 12.8. The highest BCUT2D eigenvalue weighted by atomic mass is 19.1. The van der Waals surface area contributed by atoms with Gasteiger partial charge >= 0.3 is 6.03 Å². The summed E-state index contributed by atoms with van der Waals surface area (Å²) >= 11 is 0. The van der Waals surface area contributed by atoms with E-state index >= 15 is 0 Å². The summed E-state index contributed by atoms with van der Waals surface area (Å²) in [4.78, 5) is 11.3. The van der Waals surface area contributed by atoms with E-state index in [1.54, 1.807) is 18.2 Å². The smallest absolute Gasteiger partial charge is 0.318 e. The van der Waals surface area contributed by atoms with Gasteiger partial charge in [-0.25, -0.2) is 9.18 Å². The number of carbonyl (C=O) groups excluding carboxylic acids is 1. The molecule has 0 aromatic heterocycles. The molecule has 0 radical (unpaired) electrons. The fourth-order valence-electron chi connectivity index (χ4n) is 1.17. The summed E-state index contributed by atoms with van der Waals surface area (Å²) in [5.41, 5.74) is 0.703. The predicted octanol–water partition coefficient (Wildman–Crippen LogP) is 2.75. The lowest BCUT2D eigenvalue weighted by Crippen LogP contribution is -2.34. The number of hydrogen-bond acceptors (Lipinski definition) is 1. The van der Waals surface area contributed by atoms with Crippen molar-refractivity contribution < 1.29 is 9.18 Å². The minimum Gasteiger partial charge on any atom is -0.338 e. The molecule has 0 spiro atoms. The van der Waals surface area contributed by atoms with Gasteiger partial charge in [0.1, 0.15) is 5.82 Å². The normalized spacial score (nSPS) is 10.8. The van der Waals surface area contributed by atoms with Crippen LogP contribution in [0.2, 0.25) is 0 Å². The molecule has 92 valence electrons. The Morgan fingerprint density at radius 1 is 1.47 bits per heavy atom. The molecule has 1 aromatic rings. The topological polar surface area (TPSA) is 41.1 Å². The van der Waals surface area contributed by atoms with E-state index in [0.717, 1.165) is 0 Å². The molecule has 3 nitrogen and oxygen atoms in total. The average molecular weight is 236 g/mol. The minimum atomic E-state index is -0.295. The molecule has 0 saturated heterocycles. The second kappa shape index (κ2) is 6.68. The van der Waals surface area contributed by atoms with E-state index in [4.69, 9.17) is 0 Å². The van der Waals surface area contributed by atoms with Crippen LogP contribution in [0.4, 0.5) is 9.18 Å². The molecule has 4 heteroatoms. The molecule has 0 heterocycles. The largest absolute Gasteiger partial charge is 0.338 e. The molecule has 1 rings (SSSR count). The Morgan fingerprint density at radius 2 is 2.24 bits per heavy atom. The first-order valence-electron chi connectivity index (χ1n) is 5.54. The van der Waals surface area contributed by atoms with E-state index in [1.807, 2.05) is 13.8 Å². The third kappa shape index (κ3) is 5.70. The molecule has 0 atom stereocenters. The molecule has 0 fully saturated rings. The van der Waals surface area contributed by atoms with Crippen molar-refractivity contribution >= 4 is 12.1 Å². The zero-order valence-corrected chi connectivity index (χ0v) is 10.0. The van der Waals surface area contributed by atoms with Crippen LogP contribution < -0.4 is 10.6 Å². The Bertz CT molecular complexity index is 402. The molecule has 1 aromatic carbocycles. The molecule has 0 aliphatic heterocycles. The number of halogens is 1. The van der Waals surface area contributed by atoms with Gasteiger partial charge in [-0.3, -0.25) is 0 Å². The third-order valence-electron chi connectivity index (χ3n) is 2.01. The van der Waals surface area contributed by atoms with Crippen molar-refractivity contribution in [3.63, 3.8) is 0 Å². The van der Waals surface area contributed by atoms with Gasteiger partial charge in [-0.05, 0) is 29.7 Å². The monoisotopic (exact) mass is 236 g/mol. The zero-order valence-electron chi connectivity index (χ0n) is 10.0. The van der Waals surface area contributed by atoms with E-state index in [9.17, 15) is 9.18 Å². The first-order valence-corrected chi connectivity index (χ1v) is 5.54. The molecular weight excluding hydrogens is 219 g/mol. The van der Waals surface area contributed by atoms with Gasteiger partial charge < -0.3 is 10.6 Å². The Labute approximate surface area is 101 Å². The molecule has 0 aliphatic rings. The average Bonchev–Trinajstić information content (AvgIpc) is 2.26. The van der Waals surface area contributed by atoms with Crippen LogP contribution in [0.3, 0.4) is 0 Å². The third-order valence-corrected chi connectivity index (χ3v) is 2.01. The molecule has 17 heavy (non-hydrogen) atoms. The number of benzene rings is 1. The van der Waals surface area contributed by atoms with Crippen LogP contribution in [0.1, 0.15) is 19.4 Å². The standard InChI is InChI=1S/C13H17FN2O/c1-10(2)9-16-13(17)15-7-6-11-4-3-5-12(14)8-11/h3-8,10H,9H2,1-2H3,(H2,15,16,17)/b7-6+. The van der Waals surface area contributed by atoms with E-state index in [2.05, 4.69) is 10.6 Å². The van der Waals surface area contributed by atoms with E-state index < -0.39 is 0 Å². The number of amides is 2. The summed E-state index contributed by atoms with van der Waals surface area (Å²) in [7, 11) is 0. The van der Waals surface area contributed by atoms with E-state index in [0.29, 0.717) is 18.0 Å². The Hall–Kier alpha value is -1.84. The van der Waals surface area contributed by atoms with Crippen molar-refractivity contribution in [3.05, 3.63) is 41.8 Å². The number of carbonyl (C=O) groups is 1. The van der Waals surface area contributed by atoms with Crippen LogP contribution >= 0.6 is 0 Å². The van der Waals surface area contributed by atoms with Gasteiger partial charge in [0.05, 0.1) is 0 Å². The lowest BCUT2D eigenvalue weighted by atomic mass is 10.2. The highest BCUT2D eigenvalue weighted by Gasteiger charge is 1.98. The first kappa shape index (κ1) is 13.2. The van der Waals surface area contributed by atoms with Gasteiger partial charge in [0.2, 0.25) is 0 Å². The molecule has 0 unspecified atom stereocenters. The van der Waals surface area contributed by atoms with E-state index in [-0.39, 0.29) is 11.8 Å². The number of rotatable bonds is 4. The van der Waals surface area contributed by atoms with Crippen LogP contribution in [0.25, 0.3) is 6.08 Å². The van der Waals surface area contributed by atoms with Crippen LogP contribution in [-0.4, -0.2) is 12.6 Å². The fraction of sp³-hybridized carbons (Fsp3) is 0.308. The molecule has 2 N–H and O–H groups in total. The summed E-state index contributed by atoms with van der Waals surface area (Å²) in [5.74, 6) is 0.115. The Kier molecular flexibility index (Phi) is 5.20. The van der Waals surface area contributed by atoms with Gasteiger partial charge in [0, 0.05) is 12.7 Å². The molecule has 2 amide bonds. The highest BCUT2D eigenvalue weighted by Crippen LogP contribution is 2.04. The number of hydrogen-bond donors (Lipinski definition) is 2. The van der Waals surface area contributed by atoms with Gasteiger partial charge in [-0.1, -0.05) is 26.0 Å². The van der Waals surface area contributed by atoms with Crippen molar-refractivity contribution in [1.82, 2.24) is 10.6 Å². The van der Waals surface area contributed by atoms with Crippen molar-refractivity contribution in [1.29, 1.82) is 0 Å². The lowest BCUT2D eigenvalue weighted by Gasteiger charge is -2.06. The summed E-state index contributed by atoms with van der Waals surface area (Å²) in [6.07, 6.45) is 3.13. The Morgan fingerprint density at radius 3 is 2.88 bits per heavy atom. The maximum atomic E-state index is 12.8. The number of nitrogens with one attached hydrogen (secondary N) is 2. The molecule has 0 bridgehead atoms. The second-order valence-electron chi connectivity index (χ2n) is 4.14. The second-order valence-corrected chi connectivity index (χ2v) is 4.14. The van der Waals surface area contributed by atoms with Crippen molar-refractivity contribution in [2.45, 2.75) is 13.8 Å². The zero-order chi connectivity index (χ0) is 12.7. The molecule has 0 saturated carbocycles. The quantitative estimate of drug-likeness (QED) is 0.829. The van der Waals surface area contributed by atoms with Gasteiger partial charge in [0.15, 0.2) is 0 Å². The lowest BCUT2D eigenvalue weighted by molar-refractivity contribution is 0.243. The van der Waals surface area contributed by atoms with Gasteiger partial charge in [-0.2, -0.15) is 0 Å². The van der Waals surface area contributed by atoms with Crippen LogP contribution in [0, 0.1) is 11.7 Å². The predicted molar refractivity (Wildman–Crippen MR) is 66.8 cm³/mol. The van der Waals surface area contributed by atoms with Crippen molar-refractivity contribution in [2.24, 2.45) is 5.92 Å². The fourth-order valence-corrected chi connectivity index (χ4v) is 1.17. The minimum absolute atomic E-state index is 0.258.